The van der Waals surface area contributed by atoms with Crippen molar-refractivity contribution in [3.63, 3.8) is 0 Å². The average Bonchev–Trinajstić information content (AvgIpc) is 2.07. The molecule has 0 bridgehead atoms. The van der Waals surface area contributed by atoms with Crippen LogP contribution in [-0.4, -0.2) is 8.42 Å². The van der Waals surface area contributed by atoms with Crippen LogP contribution in [0.3, 0.4) is 0 Å². The van der Waals surface area contributed by atoms with Gasteiger partial charge in [-0.15, -0.1) is 0 Å². The van der Waals surface area contributed by atoms with E-state index in [-0.39, 0.29) is 0 Å². The summed E-state index contributed by atoms with van der Waals surface area (Å²) < 4.78 is 59.9. The second kappa shape index (κ2) is 4.19. The summed E-state index contributed by atoms with van der Waals surface area (Å²) in [6.07, 6.45) is 0. The van der Waals surface area contributed by atoms with E-state index in [1.807, 2.05) is 0 Å². The zero-order valence-electron chi connectivity index (χ0n) is 6.90. The Morgan fingerprint density at radius 1 is 1.20 bits per heavy atom. The first-order valence-electron chi connectivity index (χ1n) is 3.46. The fourth-order valence-electron chi connectivity index (χ4n) is 0.909. The van der Waals surface area contributed by atoms with Crippen molar-refractivity contribution in [1.82, 2.24) is 0 Å². The van der Waals surface area contributed by atoms with Gasteiger partial charge in [-0.3, -0.25) is 0 Å². The van der Waals surface area contributed by atoms with E-state index in [0.29, 0.717) is 6.07 Å². The van der Waals surface area contributed by atoms with Crippen molar-refractivity contribution in [1.29, 1.82) is 0 Å². The normalized spacial score (nSPS) is 11.8. The summed E-state index contributed by atoms with van der Waals surface area (Å²) in [5.74, 6) is -5.20. The minimum Gasteiger partial charge on any atom is -0.212 e. The molecule has 0 amide bonds. The SMILES string of the molecule is O=S(=O)(Cl)Cc1c(F)cc(F)c(Cl)c1F. The van der Waals surface area contributed by atoms with Gasteiger partial charge in [0.2, 0.25) is 9.05 Å². The topological polar surface area (TPSA) is 34.1 Å². The van der Waals surface area contributed by atoms with Gasteiger partial charge in [0.15, 0.2) is 5.82 Å². The van der Waals surface area contributed by atoms with Crippen LogP contribution in [0.25, 0.3) is 0 Å². The first kappa shape index (κ1) is 12.6. The minimum absolute atomic E-state index is 0.294. The number of hydrogen-bond donors (Lipinski definition) is 0. The summed E-state index contributed by atoms with van der Waals surface area (Å²) in [5.41, 5.74) is -0.878. The van der Waals surface area contributed by atoms with E-state index in [0.717, 1.165) is 0 Å². The first-order chi connectivity index (χ1) is 6.72. The van der Waals surface area contributed by atoms with Crippen molar-refractivity contribution in [2.24, 2.45) is 0 Å². The molecule has 0 aliphatic heterocycles. The van der Waals surface area contributed by atoms with Gasteiger partial charge in [-0.25, -0.2) is 21.6 Å². The Balaban J connectivity index is 3.37. The van der Waals surface area contributed by atoms with Gasteiger partial charge in [0.05, 0.1) is 5.75 Å². The number of benzene rings is 1. The Labute approximate surface area is 93.0 Å². The van der Waals surface area contributed by atoms with Crippen LogP contribution in [0, 0.1) is 17.5 Å². The molecule has 0 radical (unpaired) electrons. The molecule has 1 aromatic carbocycles. The van der Waals surface area contributed by atoms with Gasteiger partial charge in [0.25, 0.3) is 0 Å². The lowest BCUT2D eigenvalue weighted by Gasteiger charge is -2.05. The Kier molecular flexibility index (Phi) is 3.52. The highest BCUT2D eigenvalue weighted by Crippen LogP contribution is 2.26. The molecule has 0 fully saturated rings. The third kappa shape index (κ3) is 2.99. The highest BCUT2D eigenvalue weighted by molar-refractivity contribution is 8.13. The number of rotatable bonds is 2. The molecule has 0 saturated heterocycles. The molecule has 15 heavy (non-hydrogen) atoms. The van der Waals surface area contributed by atoms with Crippen LogP contribution in [0.15, 0.2) is 6.07 Å². The summed E-state index contributed by atoms with van der Waals surface area (Å²) in [4.78, 5) is 0. The average molecular weight is 279 g/mol. The maximum atomic E-state index is 13.1. The predicted octanol–water partition coefficient (Wildman–Crippen LogP) is 2.83. The highest BCUT2D eigenvalue weighted by atomic mass is 35.7. The molecule has 0 saturated carbocycles. The third-order valence-electron chi connectivity index (χ3n) is 1.53. The maximum absolute atomic E-state index is 13.1. The fraction of sp³-hybridized carbons (Fsp3) is 0.143. The molecule has 0 spiro atoms. The minimum atomic E-state index is -4.14. The fourth-order valence-corrected chi connectivity index (χ4v) is 2.01. The van der Waals surface area contributed by atoms with E-state index in [9.17, 15) is 21.6 Å². The van der Waals surface area contributed by atoms with Crippen LogP contribution in [0.2, 0.25) is 5.02 Å². The molecular weight excluding hydrogens is 276 g/mol. The van der Waals surface area contributed by atoms with Gasteiger partial charge in [-0.2, -0.15) is 0 Å². The van der Waals surface area contributed by atoms with Crippen molar-refractivity contribution >= 4 is 31.3 Å². The Morgan fingerprint density at radius 2 is 1.73 bits per heavy atom. The zero-order valence-corrected chi connectivity index (χ0v) is 9.23. The van der Waals surface area contributed by atoms with Gasteiger partial charge in [0.1, 0.15) is 16.7 Å². The maximum Gasteiger partial charge on any atom is 0.236 e. The van der Waals surface area contributed by atoms with Crippen LogP contribution in [-0.2, 0) is 14.8 Å². The lowest BCUT2D eigenvalue weighted by atomic mass is 10.2. The van der Waals surface area contributed by atoms with Crippen molar-refractivity contribution in [3.8, 4) is 0 Å². The van der Waals surface area contributed by atoms with Crippen LogP contribution in [0.1, 0.15) is 5.56 Å². The molecule has 2 nitrogen and oxygen atoms in total. The van der Waals surface area contributed by atoms with Crippen molar-refractivity contribution in [2.75, 3.05) is 0 Å². The van der Waals surface area contributed by atoms with Crippen LogP contribution in [0.4, 0.5) is 13.2 Å². The molecule has 0 aromatic heterocycles. The van der Waals surface area contributed by atoms with E-state index in [1.54, 1.807) is 0 Å². The Hall–Kier alpha value is -0.460. The quantitative estimate of drug-likeness (QED) is 0.474. The Bertz CT molecular complexity index is 501. The lowest BCUT2D eigenvalue weighted by Crippen LogP contribution is -2.04. The monoisotopic (exact) mass is 278 g/mol. The predicted molar refractivity (Wildman–Crippen MR) is 49.8 cm³/mol. The number of hydrogen-bond acceptors (Lipinski definition) is 2. The lowest BCUT2D eigenvalue weighted by molar-refractivity contribution is 0.528. The van der Waals surface area contributed by atoms with Crippen molar-refractivity contribution in [2.45, 2.75) is 5.75 Å². The Morgan fingerprint density at radius 3 is 2.20 bits per heavy atom. The summed E-state index contributed by atoms with van der Waals surface area (Å²) in [5, 5.41) is -0.966. The van der Waals surface area contributed by atoms with E-state index < -0.39 is 42.8 Å². The first-order valence-corrected chi connectivity index (χ1v) is 6.32. The number of halogens is 5. The van der Waals surface area contributed by atoms with Crippen LogP contribution >= 0.6 is 22.3 Å². The second-order valence-electron chi connectivity index (χ2n) is 2.63. The summed E-state index contributed by atoms with van der Waals surface area (Å²) in [6, 6.07) is 0.294. The summed E-state index contributed by atoms with van der Waals surface area (Å²) >= 11 is 5.13. The summed E-state index contributed by atoms with van der Waals surface area (Å²) in [6.45, 7) is 0. The van der Waals surface area contributed by atoms with Crippen LogP contribution < -0.4 is 0 Å². The van der Waals surface area contributed by atoms with E-state index in [2.05, 4.69) is 0 Å². The van der Waals surface area contributed by atoms with Gasteiger partial charge < -0.3 is 0 Å². The van der Waals surface area contributed by atoms with Crippen molar-refractivity contribution < 1.29 is 21.6 Å². The highest BCUT2D eigenvalue weighted by Gasteiger charge is 2.21. The molecule has 0 heterocycles. The van der Waals surface area contributed by atoms with Gasteiger partial charge >= 0.3 is 0 Å². The molecule has 0 N–H and O–H groups in total. The molecule has 1 aromatic rings. The molecule has 8 heteroatoms. The van der Waals surface area contributed by atoms with Gasteiger partial charge in [-0.05, 0) is 0 Å². The van der Waals surface area contributed by atoms with E-state index in [1.165, 1.54) is 0 Å². The molecule has 0 unspecified atom stereocenters. The molecule has 1 rings (SSSR count). The molecule has 0 atom stereocenters. The van der Waals surface area contributed by atoms with Crippen molar-refractivity contribution in [3.05, 3.63) is 34.1 Å². The smallest absolute Gasteiger partial charge is 0.212 e. The molecule has 0 aliphatic rings. The summed E-state index contributed by atoms with van der Waals surface area (Å²) in [7, 11) is 0.665. The third-order valence-corrected chi connectivity index (χ3v) is 2.83. The van der Waals surface area contributed by atoms with Crippen LogP contribution in [0.5, 0.6) is 0 Å². The van der Waals surface area contributed by atoms with Gasteiger partial charge in [0, 0.05) is 22.3 Å². The largest absolute Gasteiger partial charge is 0.236 e. The zero-order chi connectivity index (χ0) is 11.8. The second-order valence-corrected chi connectivity index (χ2v) is 5.78. The van der Waals surface area contributed by atoms with E-state index >= 15 is 0 Å². The van der Waals surface area contributed by atoms with E-state index in [4.69, 9.17) is 22.3 Å². The molecular formula is C7H3Cl2F3O2S. The molecule has 0 aliphatic carbocycles. The van der Waals surface area contributed by atoms with Gasteiger partial charge in [-0.1, -0.05) is 11.6 Å². The standard InChI is InChI=1S/C7H3Cl2F3O2S/c8-6-5(11)1-4(10)3(7(6)12)2-15(9,13)14/h1H,2H2. The molecule has 84 valence electrons.